The average Bonchev–Trinajstić information content (AvgIpc) is 2.16. The third kappa shape index (κ3) is 3.47. The molecule has 0 spiro atoms. The number of rotatable bonds is 4. The molecule has 0 saturated heterocycles. The summed E-state index contributed by atoms with van der Waals surface area (Å²) in [7, 11) is 0. The monoisotopic (exact) mass is 179 g/mol. The van der Waals surface area contributed by atoms with Gasteiger partial charge in [-0.05, 0) is 37.0 Å². The van der Waals surface area contributed by atoms with Crippen LogP contribution in [0.15, 0.2) is 24.3 Å². The van der Waals surface area contributed by atoms with Gasteiger partial charge in [-0.2, -0.15) is 0 Å². The molecule has 0 saturated carbocycles. The summed E-state index contributed by atoms with van der Waals surface area (Å²) in [5.41, 5.74) is 7.04. The summed E-state index contributed by atoms with van der Waals surface area (Å²) in [6.45, 7) is 2.10. The van der Waals surface area contributed by atoms with Crippen LogP contribution in [0.1, 0.15) is 25.3 Å². The van der Waals surface area contributed by atoms with Crippen LogP contribution in [0.5, 0.6) is 5.75 Å². The summed E-state index contributed by atoms with van der Waals surface area (Å²) in [6.07, 6.45) is 3.04. The van der Waals surface area contributed by atoms with Crippen molar-refractivity contribution in [1.82, 2.24) is 0 Å². The maximum Gasteiger partial charge on any atom is 0.115 e. The first-order valence-electron chi connectivity index (χ1n) is 4.76. The lowest BCUT2D eigenvalue weighted by Crippen LogP contribution is -2.18. The topological polar surface area (TPSA) is 46.2 Å². The van der Waals surface area contributed by atoms with E-state index in [2.05, 4.69) is 6.92 Å². The zero-order valence-corrected chi connectivity index (χ0v) is 8.03. The first kappa shape index (κ1) is 10.1. The molecule has 3 N–H and O–H groups in total. The summed E-state index contributed by atoms with van der Waals surface area (Å²) in [5.74, 6) is 0.323. The number of benzene rings is 1. The molecular formula is C11H17NO. The van der Waals surface area contributed by atoms with Gasteiger partial charge < -0.3 is 10.8 Å². The van der Waals surface area contributed by atoms with Gasteiger partial charge in [-0.3, -0.25) is 0 Å². The fourth-order valence-corrected chi connectivity index (χ4v) is 1.22. The van der Waals surface area contributed by atoms with Gasteiger partial charge in [0.2, 0.25) is 0 Å². The molecule has 1 atom stereocenters. The normalized spacial score (nSPS) is 12.8. The molecule has 0 aliphatic carbocycles. The number of nitrogens with two attached hydrogens (primary N) is 1. The minimum atomic E-state index is 0.300. The van der Waals surface area contributed by atoms with E-state index in [1.165, 1.54) is 5.56 Å². The first-order chi connectivity index (χ1) is 6.22. The Labute approximate surface area is 79.4 Å². The molecule has 0 unspecified atom stereocenters. The molecule has 72 valence electrons. The van der Waals surface area contributed by atoms with Crippen molar-refractivity contribution in [1.29, 1.82) is 0 Å². The Hall–Kier alpha value is -1.02. The molecule has 2 nitrogen and oxygen atoms in total. The van der Waals surface area contributed by atoms with Crippen molar-refractivity contribution in [2.75, 3.05) is 0 Å². The Morgan fingerprint density at radius 2 is 1.92 bits per heavy atom. The van der Waals surface area contributed by atoms with Crippen LogP contribution in [-0.4, -0.2) is 11.1 Å². The van der Waals surface area contributed by atoms with Gasteiger partial charge >= 0.3 is 0 Å². The lowest BCUT2D eigenvalue weighted by molar-refractivity contribution is 0.475. The molecule has 0 amide bonds. The lowest BCUT2D eigenvalue weighted by Gasteiger charge is -2.07. The maximum absolute atomic E-state index is 9.06. The van der Waals surface area contributed by atoms with Crippen molar-refractivity contribution in [3.8, 4) is 5.75 Å². The number of aromatic hydroxyl groups is 1. The smallest absolute Gasteiger partial charge is 0.115 e. The highest BCUT2D eigenvalue weighted by Gasteiger charge is 1.99. The van der Waals surface area contributed by atoms with Gasteiger partial charge in [-0.25, -0.2) is 0 Å². The fraction of sp³-hybridized carbons (Fsp3) is 0.455. The predicted molar refractivity (Wildman–Crippen MR) is 54.7 cm³/mol. The van der Waals surface area contributed by atoms with E-state index in [1.807, 2.05) is 12.1 Å². The Morgan fingerprint density at radius 3 is 2.46 bits per heavy atom. The van der Waals surface area contributed by atoms with Gasteiger partial charge in [0.15, 0.2) is 0 Å². The van der Waals surface area contributed by atoms with Crippen LogP contribution in [0.25, 0.3) is 0 Å². The van der Waals surface area contributed by atoms with E-state index < -0.39 is 0 Å². The van der Waals surface area contributed by atoms with Gasteiger partial charge in [-0.15, -0.1) is 0 Å². The van der Waals surface area contributed by atoms with Gasteiger partial charge in [0.25, 0.3) is 0 Å². The van der Waals surface area contributed by atoms with E-state index in [9.17, 15) is 0 Å². The minimum absolute atomic E-state index is 0.300. The molecule has 0 aromatic heterocycles. The van der Waals surface area contributed by atoms with E-state index in [4.69, 9.17) is 10.8 Å². The van der Waals surface area contributed by atoms with Gasteiger partial charge in [0, 0.05) is 6.04 Å². The van der Waals surface area contributed by atoms with E-state index in [-0.39, 0.29) is 0 Å². The molecule has 0 fully saturated rings. The number of hydrogen-bond acceptors (Lipinski definition) is 2. The van der Waals surface area contributed by atoms with Gasteiger partial charge in [0.1, 0.15) is 5.75 Å². The van der Waals surface area contributed by atoms with E-state index in [0.29, 0.717) is 11.8 Å². The highest BCUT2D eigenvalue weighted by Crippen LogP contribution is 2.11. The fourth-order valence-electron chi connectivity index (χ4n) is 1.22. The second kappa shape index (κ2) is 4.87. The Bertz CT molecular complexity index is 243. The first-order valence-corrected chi connectivity index (χ1v) is 4.76. The summed E-state index contributed by atoms with van der Waals surface area (Å²) in [4.78, 5) is 0. The third-order valence-corrected chi connectivity index (χ3v) is 2.26. The van der Waals surface area contributed by atoms with E-state index in [0.717, 1.165) is 19.3 Å². The zero-order valence-electron chi connectivity index (χ0n) is 8.03. The third-order valence-electron chi connectivity index (χ3n) is 2.26. The summed E-state index contributed by atoms with van der Waals surface area (Å²) >= 11 is 0. The van der Waals surface area contributed by atoms with Crippen molar-refractivity contribution < 1.29 is 5.11 Å². The molecule has 0 bridgehead atoms. The largest absolute Gasteiger partial charge is 0.508 e. The second-order valence-electron chi connectivity index (χ2n) is 3.37. The highest BCUT2D eigenvalue weighted by atomic mass is 16.3. The molecule has 0 aliphatic heterocycles. The Kier molecular flexibility index (Phi) is 3.77. The number of phenols is 1. The second-order valence-corrected chi connectivity index (χ2v) is 3.37. The molecular weight excluding hydrogens is 162 g/mol. The van der Waals surface area contributed by atoms with Crippen molar-refractivity contribution in [3.63, 3.8) is 0 Å². The van der Waals surface area contributed by atoms with Crippen LogP contribution >= 0.6 is 0 Å². The predicted octanol–water partition coefficient (Wildman–Crippen LogP) is 2.06. The van der Waals surface area contributed by atoms with Gasteiger partial charge in [-0.1, -0.05) is 19.1 Å². The van der Waals surface area contributed by atoms with Crippen LogP contribution in [0.3, 0.4) is 0 Å². The Balaban J connectivity index is 2.41. The summed E-state index contributed by atoms with van der Waals surface area (Å²) in [6, 6.07) is 7.61. The van der Waals surface area contributed by atoms with Crippen LogP contribution in [0.2, 0.25) is 0 Å². The maximum atomic E-state index is 9.06. The quantitative estimate of drug-likeness (QED) is 0.743. The van der Waals surface area contributed by atoms with Crippen LogP contribution in [0, 0.1) is 0 Å². The van der Waals surface area contributed by atoms with Gasteiger partial charge in [0.05, 0.1) is 0 Å². The Morgan fingerprint density at radius 1 is 1.31 bits per heavy atom. The molecule has 2 heteroatoms. The minimum Gasteiger partial charge on any atom is -0.508 e. The lowest BCUT2D eigenvalue weighted by atomic mass is 10.0. The molecule has 1 aromatic rings. The average molecular weight is 179 g/mol. The number of phenolic OH excluding ortho intramolecular Hbond substituents is 1. The standard InChI is InChI=1S/C11H17NO/c1-2-10(12)6-3-9-4-7-11(13)8-5-9/h4-5,7-8,10,13H,2-3,6,12H2,1H3/t10-/m1/s1. The van der Waals surface area contributed by atoms with E-state index >= 15 is 0 Å². The molecule has 0 radical (unpaired) electrons. The van der Waals surface area contributed by atoms with Crippen LogP contribution in [0.4, 0.5) is 0 Å². The zero-order chi connectivity index (χ0) is 9.68. The van der Waals surface area contributed by atoms with Crippen LogP contribution < -0.4 is 5.73 Å². The van der Waals surface area contributed by atoms with E-state index in [1.54, 1.807) is 12.1 Å². The van der Waals surface area contributed by atoms with Crippen molar-refractivity contribution >= 4 is 0 Å². The van der Waals surface area contributed by atoms with Crippen molar-refractivity contribution in [3.05, 3.63) is 29.8 Å². The summed E-state index contributed by atoms with van der Waals surface area (Å²) in [5, 5.41) is 9.06. The number of hydrogen-bond donors (Lipinski definition) is 2. The summed E-state index contributed by atoms with van der Waals surface area (Å²) < 4.78 is 0. The molecule has 1 rings (SSSR count). The van der Waals surface area contributed by atoms with Crippen LogP contribution in [-0.2, 0) is 6.42 Å². The molecule has 13 heavy (non-hydrogen) atoms. The van der Waals surface area contributed by atoms with Crippen molar-refractivity contribution in [2.24, 2.45) is 5.73 Å². The number of aryl methyl sites for hydroxylation is 1. The molecule has 0 heterocycles. The SMILES string of the molecule is CC[C@@H](N)CCc1ccc(O)cc1. The van der Waals surface area contributed by atoms with Crippen molar-refractivity contribution in [2.45, 2.75) is 32.2 Å². The molecule has 0 aliphatic rings. The molecule has 1 aromatic carbocycles. The highest BCUT2D eigenvalue weighted by molar-refractivity contribution is 5.25.